The summed E-state index contributed by atoms with van der Waals surface area (Å²) in [6.45, 7) is 3.71. The number of aliphatic carboxylic acids is 1. The molecule has 0 bridgehead atoms. The van der Waals surface area contributed by atoms with Gasteiger partial charge in [-0.25, -0.2) is 13.1 Å². The molecule has 5 nitrogen and oxygen atoms in total. The maximum absolute atomic E-state index is 12.3. The summed E-state index contributed by atoms with van der Waals surface area (Å²) in [7, 11) is -3.72. The second-order valence-corrected chi connectivity index (χ2v) is 7.83. The molecule has 2 aromatic rings. The first-order chi connectivity index (χ1) is 10.8. The highest BCUT2D eigenvalue weighted by atomic mass is 32.2. The zero-order valence-corrected chi connectivity index (χ0v) is 14.0. The van der Waals surface area contributed by atoms with E-state index in [4.69, 9.17) is 5.11 Å². The molecule has 124 valence electrons. The van der Waals surface area contributed by atoms with E-state index in [0.717, 1.165) is 10.8 Å². The van der Waals surface area contributed by atoms with E-state index < -0.39 is 22.0 Å². The number of benzene rings is 2. The molecule has 2 aromatic carbocycles. The van der Waals surface area contributed by atoms with Crippen molar-refractivity contribution in [2.45, 2.75) is 32.1 Å². The van der Waals surface area contributed by atoms with E-state index in [0.29, 0.717) is 5.56 Å². The first kappa shape index (κ1) is 17.4. The fourth-order valence-electron chi connectivity index (χ4n) is 2.48. The van der Waals surface area contributed by atoms with Crippen LogP contribution in [0.3, 0.4) is 0 Å². The van der Waals surface area contributed by atoms with Gasteiger partial charge in [0, 0.05) is 0 Å². The summed E-state index contributed by atoms with van der Waals surface area (Å²) < 4.78 is 26.8. The third kappa shape index (κ3) is 5.04. The van der Waals surface area contributed by atoms with Crippen molar-refractivity contribution in [1.29, 1.82) is 0 Å². The highest BCUT2D eigenvalue weighted by Gasteiger charge is 2.25. The number of sulfonamides is 1. The molecule has 1 unspecified atom stereocenters. The topological polar surface area (TPSA) is 83.5 Å². The van der Waals surface area contributed by atoms with Crippen LogP contribution in [0.5, 0.6) is 0 Å². The Morgan fingerprint density at radius 1 is 1.13 bits per heavy atom. The van der Waals surface area contributed by atoms with Gasteiger partial charge in [0.05, 0.1) is 5.75 Å². The number of rotatable bonds is 7. The number of carboxylic acid groups (broad SMARTS) is 1. The molecule has 6 heteroatoms. The van der Waals surface area contributed by atoms with Crippen LogP contribution in [0.1, 0.15) is 25.8 Å². The predicted octanol–water partition coefficient (Wildman–Crippen LogP) is 2.76. The van der Waals surface area contributed by atoms with Crippen LogP contribution in [0, 0.1) is 5.92 Å². The van der Waals surface area contributed by atoms with E-state index >= 15 is 0 Å². The smallest absolute Gasteiger partial charge is 0.321 e. The molecule has 0 spiro atoms. The molecule has 0 saturated heterocycles. The Balaban J connectivity index is 2.16. The number of carbonyl (C=O) groups is 1. The molecular weight excluding hydrogens is 314 g/mol. The number of nitrogens with one attached hydrogen (secondary N) is 1. The van der Waals surface area contributed by atoms with Crippen molar-refractivity contribution in [3.63, 3.8) is 0 Å². The minimum absolute atomic E-state index is 0.0828. The SMILES string of the molecule is CC(C)CC(NS(=O)(=O)Cc1ccc2ccccc2c1)C(=O)O. The summed E-state index contributed by atoms with van der Waals surface area (Å²) in [6, 6.07) is 12.0. The number of hydrogen-bond donors (Lipinski definition) is 2. The lowest BCUT2D eigenvalue weighted by Crippen LogP contribution is -2.42. The van der Waals surface area contributed by atoms with Crippen LogP contribution in [0.15, 0.2) is 42.5 Å². The van der Waals surface area contributed by atoms with E-state index in [1.54, 1.807) is 6.07 Å². The summed E-state index contributed by atoms with van der Waals surface area (Å²) >= 11 is 0. The van der Waals surface area contributed by atoms with Gasteiger partial charge in [0.15, 0.2) is 0 Å². The fourth-order valence-corrected chi connectivity index (χ4v) is 3.81. The maximum Gasteiger partial charge on any atom is 0.321 e. The minimum atomic E-state index is -3.72. The van der Waals surface area contributed by atoms with Crippen molar-refractivity contribution < 1.29 is 18.3 Å². The van der Waals surface area contributed by atoms with Gasteiger partial charge in [-0.1, -0.05) is 56.3 Å². The molecule has 0 heterocycles. The van der Waals surface area contributed by atoms with Crippen molar-refractivity contribution >= 4 is 26.8 Å². The van der Waals surface area contributed by atoms with Crippen LogP contribution in [0.2, 0.25) is 0 Å². The third-order valence-electron chi connectivity index (χ3n) is 3.50. The Kier molecular flexibility index (Phi) is 5.38. The Labute approximate surface area is 136 Å². The zero-order valence-electron chi connectivity index (χ0n) is 13.2. The van der Waals surface area contributed by atoms with Crippen molar-refractivity contribution in [2.75, 3.05) is 0 Å². The van der Waals surface area contributed by atoms with E-state index in [1.165, 1.54) is 0 Å². The number of fused-ring (bicyclic) bond motifs is 1. The average Bonchev–Trinajstić information content (AvgIpc) is 2.45. The summed E-state index contributed by atoms with van der Waals surface area (Å²) in [4.78, 5) is 11.2. The van der Waals surface area contributed by atoms with Crippen LogP contribution >= 0.6 is 0 Å². The Morgan fingerprint density at radius 3 is 2.39 bits per heavy atom. The predicted molar refractivity (Wildman–Crippen MR) is 90.6 cm³/mol. The summed E-state index contributed by atoms with van der Waals surface area (Å²) in [6.07, 6.45) is 0.256. The second kappa shape index (κ2) is 7.10. The quantitative estimate of drug-likeness (QED) is 0.815. The van der Waals surface area contributed by atoms with E-state index in [9.17, 15) is 13.2 Å². The third-order valence-corrected chi connectivity index (χ3v) is 4.85. The standard InChI is InChI=1S/C17H21NO4S/c1-12(2)9-16(17(19)20)18-23(21,22)11-13-7-8-14-5-3-4-6-15(14)10-13/h3-8,10,12,16,18H,9,11H2,1-2H3,(H,19,20). The summed E-state index contributed by atoms with van der Waals surface area (Å²) in [5, 5.41) is 11.2. The first-order valence-corrected chi connectivity index (χ1v) is 9.12. The molecule has 2 rings (SSSR count). The Bertz CT molecular complexity index is 799. The van der Waals surface area contributed by atoms with Crippen LogP contribution in [0.4, 0.5) is 0 Å². The number of hydrogen-bond acceptors (Lipinski definition) is 3. The van der Waals surface area contributed by atoms with Gasteiger partial charge in [-0.3, -0.25) is 4.79 Å². The molecule has 23 heavy (non-hydrogen) atoms. The Morgan fingerprint density at radius 2 is 1.78 bits per heavy atom. The molecule has 0 aliphatic heterocycles. The van der Waals surface area contributed by atoms with Crippen molar-refractivity contribution in [2.24, 2.45) is 5.92 Å². The van der Waals surface area contributed by atoms with Gasteiger partial charge in [0.25, 0.3) is 0 Å². The average molecular weight is 335 g/mol. The lowest BCUT2D eigenvalue weighted by Gasteiger charge is -2.16. The molecule has 2 N–H and O–H groups in total. The molecule has 0 saturated carbocycles. The van der Waals surface area contributed by atoms with Gasteiger partial charge >= 0.3 is 5.97 Å². The number of carboxylic acids is 1. The minimum Gasteiger partial charge on any atom is -0.480 e. The molecule has 0 aliphatic carbocycles. The molecular formula is C17H21NO4S. The summed E-state index contributed by atoms with van der Waals surface area (Å²) in [5.74, 6) is -1.31. The molecule has 1 atom stereocenters. The normalized spacial score (nSPS) is 13.3. The highest BCUT2D eigenvalue weighted by molar-refractivity contribution is 7.88. The first-order valence-electron chi connectivity index (χ1n) is 7.47. The van der Waals surface area contributed by atoms with E-state index in [-0.39, 0.29) is 18.1 Å². The lowest BCUT2D eigenvalue weighted by molar-refractivity contribution is -0.139. The van der Waals surface area contributed by atoms with Crippen LogP contribution in [-0.2, 0) is 20.6 Å². The van der Waals surface area contributed by atoms with Gasteiger partial charge in [-0.05, 0) is 28.7 Å². The largest absolute Gasteiger partial charge is 0.480 e. The van der Waals surface area contributed by atoms with Gasteiger partial charge < -0.3 is 5.11 Å². The Hall–Kier alpha value is -1.92. The van der Waals surface area contributed by atoms with Crippen molar-refractivity contribution in [3.05, 3.63) is 48.0 Å². The summed E-state index contributed by atoms with van der Waals surface area (Å²) in [5.41, 5.74) is 0.630. The zero-order chi connectivity index (χ0) is 17.0. The molecule has 0 aromatic heterocycles. The van der Waals surface area contributed by atoms with Crippen molar-refractivity contribution in [1.82, 2.24) is 4.72 Å². The van der Waals surface area contributed by atoms with Gasteiger partial charge in [-0.2, -0.15) is 0 Å². The van der Waals surface area contributed by atoms with Crippen LogP contribution < -0.4 is 4.72 Å². The molecule has 0 aliphatic rings. The van der Waals surface area contributed by atoms with E-state index in [2.05, 4.69) is 4.72 Å². The molecule has 0 radical (unpaired) electrons. The second-order valence-electron chi connectivity index (χ2n) is 6.08. The van der Waals surface area contributed by atoms with E-state index in [1.807, 2.05) is 50.2 Å². The molecule has 0 fully saturated rings. The van der Waals surface area contributed by atoms with Crippen LogP contribution in [0.25, 0.3) is 10.8 Å². The fraction of sp³-hybridized carbons (Fsp3) is 0.353. The van der Waals surface area contributed by atoms with Crippen LogP contribution in [-0.4, -0.2) is 25.5 Å². The van der Waals surface area contributed by atoms with Gasteiger partial charge in [0.2, 0.25) is 10.0 Å². The van der Waals surface area contributed by atoms with Gasteiger partial charge in [0.1, 0.15) is 6.04 Å². The highest BCUT2D eigenvalue weighted by Crippen LogP contribution is 2.17. The van der Waals surface area contributed by atoms with Gasteiger partial charge in [-0.15, -0.1) is 0 Å². The maximum atomic E-state index is 12.3. The lowest BCUT2D eigenvalue weighted by atomic mass is 10.1. The van der Waals surface area contributed by atoms with Crippen molar-refractivity contribution in [3.8, 4) is 0 Å². The monoisotopic (exact) mass is 335 g/mol. The molecule has 0 amide bonds.